The van der Waals surface area contributed by atoms with Crippen molar-refractivity contribution in [3.05, 3.63) is 46.2 Å². The molecule has 1 amide bonds. The van der Waals surface area contributed by atoms with Gasteiger partial charge in [0.15, 0.2) is 0 Å². The first kappa shape index (κ1) is 19.6. The number of morpholine rings is 1. The molecule has 1 aromatic carbocycles. The number of nitrogens with zero attached hydrogens (tertiary/aromatic N) is 1. The maximum Gasteiger partial charge on any atom is 0.261 e. The minimum Gasteiger partial charge on any atom is -0.379 e. The Balaban J connectivity index is 1.75. The van der Waals surface area contributed by atoms with Crippen LogP contribution in [-0.2, 0) is 4.74 Å². The number of H-pyrrole nitrogens is 1. The summed E-state index contributed by atoms with van der Waals surface area (Å²) in [5, 5.41) is 3.86. The quantitative estimate of drug-likeness (QED) is 0.784. The summed E-state index contributed by atoms with van der Waals surface area (Å²) < 4.78 is 5.47. The van der Waals surface area contributed by atoms with Gasteiger partial charge in [-0.3, -0.25) is 14.5 Å². The Bertz CT molecular complexity index is 823. The number of carbonyl (C=O) groups excluding carboxylic acids is 1. The van der Waals surface area contributed by atoms with Crippen molar-refractivity contribution in [1.82, 2.24) is 15.2 Å². The zero-order valence-electron chi connectivity index (χ0n) is 16.2. The first-order valence-electron chi connectivity index (χ1n) is 9.86. The molecule has 1 fully saturated rings. The summed E-state index contributed by atoms with van der Waals surface area (Å²) in [5.41, 5.74) is 0.554. The van der Waals surface area contributed by atoms with E-state index in [2.05, 4.69) is 29.0 Å². The lowest BCUT2D eigenvalue weighted by molar-refractivity contribution is 0.00191. The van der Waals surface area contributed by atoms with Crippen molar-refractivity contribution >= 4 is 16.8 Å². The number of para-hydroxylation sites is 1. The van der Waals surface area contributed by atoms with Crippen molar-refractivity contribution in [2.45, 2.75) is 32.7 Å². The van der Waals surface area contributed by atoms with Gasteiger partial charge in [-0.05, 0) is 23.4 Å². The third kappa shape index (κ3) is 4.57. The van der Waals surface area contributed by atoms with E-state index in [1.165, 1.54) is 0 Å². The number of aromatic amines is 1. The molecule has 1 aliphatic rings. The van der Waals surface area contributed by atoms with Crippen LogP contribution in [0.1, 0.15) is 37.0 Å². The molecule has 0 spiro atoms. The van der Waals surface area contributed by atoms with Gasteiger partial charge in [0, 0.05) is 31.2 Å². The molecular weight excluding hydrogens is 342 g/mol. The summed E-state index contributed by atoms with van der Waals surface area (Å²) in [6, 6.07) is 9.41. The van der Waals surface area contributed by atoms with Crippen LogP contribution in [0, 0.1) is 5.92 Å². The van der Waals surface area contributed by atoms with Crippen molar-refractivity contribution in [2.75, 3.05) is 32.8 Å². The fourth-order valence-electron chi connectivity index (χ4n) is 3.94. The van der Waals surface area contributed by atoms with Crippen LogP contribution in [0.25, 0.3) is 10.9 Å². The number of pyridine rings is 1. The van der Waals surface area contributed by atoms with Crippen LogP contribution in [0.4, 0.5) is 0 Å². The Morgan fingerprint density at radius 3 is 2.63 bits per heavy atom. The summed E-state index contributed by atoms with van der Waals surface area (Å²) in [7, 11) is 0. The smallest absolute Gasteiger partial charge is 0.261 e. The van der Waals surface area contributed by atoms with E-state index in [1.807, 2.05) is 24.3 Å². The molecule has 6 heteroatoms. The Hall–Kier alpha value is -2.18. The molecule has 1 aromatic heterocycles. The highest BCUT2D eigenvalue weighted by atomic mass is 16.5. The van der Waals surface area contributed by atoms with E-state index in [1.54, 1.807) is 6.07 Å². The highest BCUT2D eigenvalue weighted by molar-refractivity contribution is 5.97. The van der Waals surface area contributed by atoms with Crippen molar-refractivity contribution in [3.8, 4) is 0 Å². The zero-order valence-corrected chi connectivity index (χ0v) is 16.2. The van der Waals surface area contributed by atoms with Gasteiger partial charge in [-0.25, -0.2) is 0 Å². The van der Waals surface area contributed by atoms with Crippen molar-refractivity contribution in [3.63, 3.8) is 0 Å². The molecule has 0 unspecified atom stereocenters. The second-order valence-electron chi connectivity index (χ2n) is 7.10. The standard InChI is InChI=1S/C21H29N3O3/c1-3-15(4-2)19(24-9-11-27-12-10-24)14-22-20(25)17-13-16-7-5-6-8-18(16)23-21(17)26/h5-8,13,15,19H,3-4,9-12,14H2,1-2H3,(H,22,25)(H,23,26)/t19-/m1/s1. The minimum atomic E-state index is -0.350. The normalized spacial score (nSPS) is 16.6. The first-order chi connectivity index (χ1) is 13.1. The second kappa shape index (κ2) is 9.15. The molecule has 1 atom stereocenters. The molecular formula is C21H29N3O3. The maximum atomic E-state index is 12.7. The Kier molecular flexibility index (Phi) is 6.63. The van der Waals surface area contributed by atoms with Crippen molar-refractivity contribution < 1.29 is 9.53 Å². The number of aromatic nitrogens is 1. The van der Waals surface area contributed by atoms with Crippen LogP contribution in [0.2, 0.25) is 0 Å². The molecule has 2 N–H and O–H groups in total. The van der Waals surface area contributed by atoms with Gasteiger partial charge in [-0.1, -0.05) is 44.9 Å². The number of hydrogen-bond acceptors (Lipinski definition) is 4. The summed E-state index contributed by atoms with van der Waals surface area (Å²) in [6.45, 7) is 8.15. The molecule has 1 saturated heterocycles. The van der Waals surface area contributed by atoms with Gasteiger partial charge in [0.2, 0.25) is 0 Å². The molecule has 146 valence electrons. The predicted molar refractivity (Wildman–Crippen MR) is 107 cm³/mol. The third-order valence-corrected chi connectivity index (χ3v) is 5.58. The van der Waals surface area contributed by atoms with Crippen LogP contribution in [0.5, 0.6) is 0 Å². The van der Waals surface area contributed by atoms with Gasteiger partial charge in [-0.2, -0.15) is 0 Å². The number of carbonyl (C=O) groups is 1. The van der Waals surface area contributed by atoms with Gasteiger partial charge >= 0.3 is 0 Å². The monoisotopic (exact) mass is 371 g/mol. The van der Waals surface area contributed by atoms with E-state index >= 15 is 0 Å². The highest BCUT2D eigenvalue weighted by Crippen LogP contribution is 2.20. The molecule has 6 nitrogen and oxygen atoms in total. The van der Waals surface area contributed by atoms with Crippen LogP contribution < -0.4 is 10.9 Å². The van der Waals surface area contributed by atoms with E-state index in [0.717, 1.165) is 50.0 Å². The lowest BCUT2D eigenvalue weighted by atomic mass is 9.92. The molecule has 2 heterocycles. The molecule has 2 aromatic rings. The summed E-state index contributed by atoms with van der Waals surface area (Å²) in [6.07, 6.45) is 2.12. The number of amides is 1. The molecule has 27 heavy (non-hydrogen) atoms. The van der Waals surface area contributed by atoms with Gasteiger partial charge in [-0.15, -0.1) is 0 Å². The Morgan fingerprint density at radius 1 is 1.22 bits per heavy atom. The summed E-state index contributed by atoms with van der Waals surface area (Å²) in [4.78, 5) is 30.2. The van der Waals surface area contributed by atoms with E-state index in [0.29, 0.717) is 12.5 Å². The lowest BCUT2D eigenvalue weighted by Crippen LogP contribution is -2.52. The largest absolute Gasteiger partial charge is 0.379 e. The van der Waals surface area contributed by atoms with Crippen molar-refractivity contribution in [2.24, 2.45) is 5.92 Å². The summed E-state index contributed by atoms with van der Waals surface area (Å²) in [5.74, 6) is 0.185. The van der Waals surface area contributed by atoms with E-state index < -0.39 is 0 Å². The number of benzene rings is 1. The highest BCUT2D eigenvalue weighted by Gasteiger charge is 2.27. The average Bonchev–Trinajstić information content (AvgIpc) is 2.71. The molecule has 0 radical (unpaired) electrons. The SMILES string of the molecule is CCC(CC)[C@@H](CNC(=O)c1cc2ccccc2[nH]c1=O)N1CCOCC1. The lowest BCUT2D eigenvalue weighted by Gasteiger charge is -2.38. The third-order valence-electron chi connectivity index (χ3n) is 5.58. The maximum absolute atomic E-state index is 12.7. The summed E-state index contributed by atoms with van der Waals surface area (Å²) >= 11 is 0. The van der Waals surface area contributed by atoms with E-state index in [4.69, 9.17) is 4.74 Å². The van der Waals surface area contributed by atoms with Gasteiger partial charge in [0.05, 0.1) is 13.2 Å². The molecule has 0 saturated carbocycles. The second-order valence-corrected chi connectivity index (χ2v) is 7.10. The minimum absolute atomic E-state index is 0.166. The van der Waals surface area contributed by atoms with Crippen molar-refractivity contribution in [1.29, 1.82) is 0 Å². The first-order valence-corrected chi connectivity index (χ1v) is 9.86. The number of ether oxygens (including phenoxy) is 1. The topological polar surface area (TPSA) is 74.4 Å². The Morgan fingerprint density at radius 2 is 1.93 bits per heavy atom. The van der Waals surface area contributed by atoms with E-state index in [-0.39, 0.29) is 23.1 Å². The molecule has 0 aliphatic carbocycles. The van der Waals surface area contributed by atoms with Crippen LogP contribution in [-0.4, -0.2) is 54.7 Å². The molecule has 0 bridgehead atoms. The molecule has 1 aliphatic heterocycles. The van der Waals surface area contributed by atoms with Gasteiger partial charge in [0.25, 0.3) is 11.5 Å². The zero-order chi connectivity index (χ0) is 19.2. The van der Waals surface area contributed by atoms with Crippen LogP contribution in [0.15, 0.2) is 35.1 Å². The van der Waals surface area contributed by atoms with Crippen LogP contribution in [0.3, 0.4) is 0 Å². The average molecular weight is 371 g/mol. The van der Waals surface area contributed by atoms with E-state index in [9.17, 15) is 9.59 Å². The fraction of sp³-hybridized carbons (Fsp3) is 0.524. The number of fused-ring (bicyclic) bond motifs is 1. The number of rotatable bonds is 7. The van der Waals surface area contributed by atoms with Gasteiger partial charge < -0.3 is 15.0 Å². The number of nitrogens with one attached hydrogen (secondary N) is 2. The fourth-order valence-corrected chi connectivity index (χ4v) is 3.94. The molecule has 3 rings (SSSR count). The van der Waals surface area contributed by atoms with Gasteiger partial charge in [0.1, 0.15) is 5.56 Å². The Labute approximate surface area is 159 Å². The predicted octanol–water partition coefficient (Wildman–Crippen LogP) is 2.39. The number of hydrogen-bond donors (Lipinski definition) is 2. The van der Waals surface area contributed by atoms with Crippen LogP contribution >= 0.6 is 0 Å².